The first-order valence-corrected chi connectivity index (χ1v) is 13.1. The molecule has 5 rings (SSSR count). The van der Waals surface area contributed by atoms with Crippen LogP contribution in [-0.4, -0.2) is 21.6 Å². The van der Waals surface area contributed by atoms with Crippen molar-refractivity contribution in [2.45, 2.75) is 32.6 Å². The van der Waals surface area contributed by atoms with Crippen molar-refractivity contribution in [2.75, 3.05) is 4.90 Å². The van der Waals surface area contributed by atoms with Crippen LogP contribution in [0.3, 0.4) is 0 Å². The summed E-state index contributed by atoms with van der Waals surface area (Å²) in [6.45, 7) is 3.95. The monoisotopic (exact) mass is 561 g/mol. The van der Waals surface area contributed by atoms with Crippen LogP contribution < -0.4 is 4.90 Å². The lowest BCUT2D eigenvalue weighted by Crippen LogP contribution is -2.45. The fourth-order valence-corrected chi connectivity index (χ4v) is 5.95. The van der Waals surface area contributed by atoms with E-state index in [9.17, 15) is 25.4 Å². The van der Waals surface area contributed by atoms with Crippen LogP contribution in [0.2, 0.25) is 10.0 Å². The van der Waals surface area contributed by atoms with Crippen LogP contribution in [0, 0.1) is 20.9 Å². The maximum atomic E-state index is 13.9. The zero-order valence-electron chi connectivity index (χ0n) is 21.2. The number of nitro groups is 1. The van der Waals surface area contributed by atoms with Crippen LogP contribution in [0.5, 0.6) is 0 Å². The number of nitro benzene ring substituents is 1. The molecule has 7 nitrogen and oxygen atoms in total. The average Bonchev–Trinajstić information content (AvgIpc) is 2.88. The van der Waals surface area contributed by atoms with Crippen LogP contribution in [0.4, 0.5) is 11.4 Å². The number of carbonyl (C=O) groups is 1. The topological polar surface area (TPSA) is 108 Å². The predicted molar refractivity (Wildman–Crippen MR) is 154 cm³/mol. The molecule has 0 fully saturated rings. The molecule has 1 aliphatic heterocycles. The quantitative estimate of drug-likeness (QED) is 0.190. The summed E-state index contributed by atoms with van der Waals surface area (Å²) >= 11 is 13.3. The van der Waals surface area contributed by atoms with Crippen LogP contribution in [0.25, 0.3) is 5.76 Å². The number of hydrogen-bond acceptors (Lipinski definition) is 5. The smallest absolute Gasteiger partial charge is 0.271 e. The van der Waals surface area contributed by atoms with Gasteiger partial charge in [0, 0.05) is 51.9 Å². The SMILES string of the molecule is CC1(C)CC(=O)C2=C(C1)N(c1ccc([N+](=O)[O-])cc1Cl)C(=N)/C(=C(/O)c1ccccc1)C2c1ccccc1Cl. The molecule has 0 bridgehead atoms. The van der Waals surface area contributed by atoms with E-state index in [0.29, 0.717) is 39.5 Å². The molecule has 1 heterocycles. The minimum Gasteiger partial charge on any atom is -0.507 e. The summed E-state index contributed by atoms with van der Waals surface area (Å²) in [5, 5.41) is 33.0. The van der Waals surface area contributed by atoms with Gasteiger partial charge in [0.25, 0.3) is 5.69 Å². The summed E-state index contributed by atoms with van der Waals surface area (Å²) in [7, 11) is 0. The number of ketones is 1. The third-order valence-electron chi connectivity index (χ3n) is 7.12. The Morgan fingerprint density at radius 3 is 2.33 bits per heavy atom. The number of nitrogens with one attached hydrogen (secondary N) is 1. The standard InChI is InChI=1S/C30H25Cl2N3O4/c1-30(2)15-23-26(24(36)16-30)25(19-10-6-7-11-20(19)31)27(28(37)17-8-4-3-5-9-17)29(33)34(23)22-13-12-18(35(38)39)14-21(22)32/h3-14,25,33,37H,15-16H2,1-2H3/b28-27+,33-29?. The third kappa shape index (κ3) is 4.73. The van der Waals surface area contributed by atoms with Gasteiger partial charge in [0.1, 0.15) is 11.6 Å². The average molecular weight is 562 g/mol. The van der Waals surface area contributed by atoms with Gasteiger partial charge in [0.2, 0.25) is 0 Å². The van der Waals surface area contributed by atoms with E-state index >= 15 is 0 Å². The molecule has 2 aliphatic rings. The molecule has 0 radical (unpaired) electrons. The van der Waals surface area contributed by atoms with Gasteiger partial charge in [-0.15, -0.1) is 0 Å². The number of benzene rings is 3. The first-order valence-electron chi connectivity index (χ1n) is 12.3. The second-order valence-corrected chi connectivity index (χ2v) is 11.3. The molecule has 3 aromatic rings. The number of amidine groups is 1. The molecule has 0 saturated carbocycles. The number of nitrogens with zero attached hydrogens (tertiary/aromatic N) is 2. The highest BCUT2D eigenvalue weighted by atomic mass is 35.5. The summed E-state index contributed by atoms with van der Waals surface area (Å²) in [4.78, 5) is 26.3. The lowest BCUT2D eigenvalue weighted by Gasteiger charge is -2.45. The number of aliphatic hydroxyl groups is 1. The minimum atomic E-state index is -0.807. The van der Waals surface area contributed by atoms with Gasteiger partial charge in [0.05, 0.1) is 15.6 Å². The first kappa shape index (κ1) is 26.7. The van der Waals surface area contributed by atoms with Gasteiger partial charge in [-0.1, -0.05) is 85.6 Å². The van der Waals surface area contributed by atoms with Crippen molar-refractivity contribution in [3.63, 3.8) is 0 Å². The molecule has 2 N–H and O–H groups in total. The second kappa shape index (κ2) is 9.98. The largest absolute Gasteiger partial charge is 0.507 e. The number of rotatable bonds is 4. The van der Waals surface area contributed by atoms with Crippen molar-refractivity contribution in [2.24, 2.45) is 5.41 Å². The zero-order chi connectivity index (χ0) is 28.1. The highest BCUT2D eigenvalue weighted by Gasteiger charge is 2.47. The summed E-state index contributed by atoms with van der Waals surface area (Å²) in [5.74, 6) is -1.20. The fourth-order valence-electron chi connectivity index (χ4n) is 5.44. The Labute approximate surface area is 235 Å². The van der Waals surface area contributed by atoms with Crippen LogP contribution >= 0.6 is 23.2 Å². The molecule has 0 saturated heterocycles. The van der Waals surface area contributed by atoms with Crippen molar-refractivity contribution in [1.82, 2.24) is 0 Å². The van der Waals surface area contributed by atoms with Crippen molar-refractivity contribution in [3.05, 3.63) is 121 Å². The normalized spacial score (nSPS) is 20.1. The van der Waals surface area contributed by atoms with Gasteiger partial charge in [-0.25, -0.2) is 0 Å². The molecule has 1 aliphatic carbocycles. The molecule has 0 amide bonds. The zero-order valence-corrected chi connectivity index (χ0v) is 22.8. The molecule has 1 atom stereocenters. The first-order chi connectivity index (χ1) is 18.5. The molecule has 0 aromatic heterocycles. The molecule has 198 valence electrons. The van der Waals surface area contributed by atoms with E-state index in [1.165, 1.54) is 18.2 Å². The summed E-state index contributed by atoms with van der Waals surface area (Å²) in [5.41, 5.74) is 1.93. The Morgan fingerprint density at radius 2 is 1.69 bits per heavy atom. The number of halogens is 2. The van der Waals surface area contributed by atoms with Crippen molar-refractivity contribution in [3.8, 4) is 0 Å². The van der Waals surface area contributed by atoms with Crippen molar-refractivity contribution in [1.29, 1.82) is 5.41 Å². The van der Waals surface area contributed by atoms with Gasteiger partial charge in [-0.3, -0.25) is 25.2 Å². The number of allylic oxidation sites excluding steroid dienone is 2. The fraction of sp³-hybridized carbons (Fsp3) is 0.200. The lowest BCUT2D eigenvalue weighted by molar-refractivity contribution is -0.384. The molecular formula is C30H25Cl2N3O4. The Kier molecular flexibility index (Phi) is 6.83. The number of anilines is 1. The number of hydrogen-bond donors (Lipinski definition) is 2. The van der Waals surface area contributed by atoms with Gasteiger partial charge in [-0.05, 0) is 29.5 Å². The Morgan fingerprint density at radius 1 is 1.03 bits per heavy atom. The Balaban J connectivity index is 1.87. The molecule has 0 spiro atoms. The van der Waals surface area contributed by atoms with E-state index in [1.54, 1.807) is 53.4 Å². The van der Waals surface area contributed by atoms with Gasteiger partial charge in [-0.2, -0.15) is 0 Å². The molecule has 3 aromatic carbocycles. The van der Waals surface area contributed by atoms with E-state index < -0.39 is 16.3 Å². The van der Waals surface area contributed by atoms with Gasteiger partial charge >= 0.3 is 0 Å². The molecule has 1 unspecified atom stereocenters. The number of carbonyl (C=O) groups excluding carboxylic acids is 1. The molecular weight excluding hydrogens is 537 g/mol. The van der Waals surface area contributed by atoms with E-state index in [4.69, 9.17) is 23.2 Å². The summed E-state index contributed by atoms with van der Waals surface area (Å²) in [6, 6.07) is 19.9. The number of non-ortho nitro benzene ring substituents is 1. The van der Waals surface area contributed by atoms with Crippen LogP contribution in [0.15, 0.2) is 89.6 Å². The Bertz CT molecular complexity index is 1590. The Hall–Kier alpha value is -3.94. The van der Waals surface area contributed by atoms with E-state index in [1.807, 2.05) is 19.9 Å². The lowest BCUT2D eigenvalue weighted by atomic mass is 9.67. The van der Waals surface area contributed by atoms with E-state index in [2.05, 4.69) is 0 Å². The maximum Gasteiger partial charge on any atom is 0.271 e. The van der Waals surface area contributed by atoms with Gasteiger partial charge < -0.3 is 5.11 Å². The number of Topliss-reactive ketones (excluding diaryl/α,β-unsaturated/α-hetero) is 1. The van der Waals surface area contributed by atoms with Crippen LogP contribution in [0.1, 0.15) is 43.7 Å². The predicted octanol–water partition coefficient (Wildman–Crippen LogP) is 8.10. The van der Waals surface area contributed by atoms with E-state index in [0.717, 1.165) is 0 Å². The highest BCUT2D eigenvalue weighted by Crippen LogP contribution is 2.53. The second-order valence-electron chi connectivity index (χ2n) is 10.5. The molecule has 9 heteroatoms. The maximum absolute atomic E-state index is 13.9. The minimum absolute atomic E-state index is 0.0476. The van der Waals surface area contributed by atoms with Crippen molar-refractivity contribution >= 4 is 52.0 Å². The molecule has 39 heavy (non-hydrogen) atoms. The third-order valence-corrected chi connectivity index (χ3v) is 7.77. The van der Waals surface area contributed by atoms with Crippen LogP contribution in [-0.2, 0) is 4.79 Å². The summed E-state index contributed by atoms with van der Waals surface area (Å²) < 4.78 is 0. The summed E-state index contributed by atoms with van der Waals surface area (Å²) in [6.07, 6.45) is 0.700. The van der Waals surface area contributed by atoms with E-state index in [-0.39, 0.29) is 40.1 Å². The number of aliphatic hydroxyl groups excluding tert-OH is 1. The van der Waals surface area contributed by atoms with Crippen molar-refractivity contribution < 1.29 is 14.8 Å². The van der Waals surface area contributed by atoms with Gasteiger partial charge in [0.15, 0.2) is 5.78 Å². The highest BCUT2D eigenvalue weighted by molar-refractivity contribution is 6.35.